The summed E-state index contributed by atoms with van der Waals surface area (Å²) < 4.78 is 0. The lowest BCUT2D eigenvalue weighted by molar-refractivity contribution is 0.179. The molecule has 2 fully saturated rings. The van der Waals surface area contributed by atoms with Crippen LogP contribution in [0.4, 0.5) is 0 Å². The van der Waals surface area contributed by atoms with Gasteiger partial charge in [0, 0.05) is 6.04 Å². The van der Waals surface area contributed by atoms with Crippen molar-refractivity contribution in [3.05, 3.63) is 0 Å². The Balaban J connectivity index is 1.67. The minimum atomic E-state index is 0.855. The molecule has 14 heavy (non-hydrogen) atoms. The van der Waals surface area contributed by atoms with Gasteiger partial charge in [-0.05, 0) is 64.2 Å². The van der Waals surface area contributed by atoms with E-state index in [1.165, 1.54) is 58.3 Å². The number of hydrogen-bond donors (Lipinski definition) is 1. The van der Waals surface area contributed by atoms with Crippen LogP contribution in [0.3, 0.4) is 0 Å². The van der Waals surface area contributed by atoms with E-state index < -0.39 is 0 Å². The van der Waals surface area contributed by atoms with Gasteiger partial charge in [0.15, 0.2) is 0 Å². The molecule has 2 aliphatic heterocycles. The Morgan fingerprint density at radius 1 is 1.21 bits per heavy atom. The number of nitrogens with zero attached hydrogens (tertiary/aromatic N) is 1. The minimum Gasteiger partial charge on any atom is -0.314 e. The summed E-state index contributed by atoms with van der Waals surface area (Å²) in [6.45, 7) is 7.47. The maximum Gasteiger partial charge on any atom is 0.00701 e. The molecule has 0 aliphatic carbocycles. The molecular weight excluding hydrogens is 172 g/mol. The summed E-state index contributed by atoms with van der Waals surface area (Å²) in [4.78, 5) is 2.58. The van der Waals surface area contributed by atoms with Gasteiger partial charge in [0.05, 0.1) is 0 Å². The molecule has 0 bridgehead atoms. The van der Waals surface area contributed by atoms with Gasteiger partial charge in [-0.1, -0.05) is 6.92 Å². The molecule has 0 radical (unpaired) electrons. The van der Waals surface area contributed by atoms with Crippen LogP contribution in [0.5, 0.6) is 0 Å². The van der Waals surface area contributed by atoms with Crippen molar-refractivity contribution in [3.63, 3.8) is 0 Å². The SMILES string of the molecule is CCN1CCC(CC2CCCN2)CC1. The van der Waals surface area contributed by atoms with Crippen molar-refractivity contribution in [1.82, 2.24) is 10.2 Å². The molecule has 2 nitrogen and oxygen atoms in total. The summed E-state index contributed by atoms with van der Waals surface area (Å²) in [5, 5.41) is 3.62. The van der Waals surface area contributed by atoms with Crippen LogP contribution in [-0.4, -0.2) is 37.1 Å². The maximum absolute atomic E-state index is 3.62. The average molecular weight is 196 g/mol. The molecule has 2 heterocycles. The highest BCUT2D eigenvalue weighted by molar-refractivity contribution is 4.80. The lowest BCUT2D eigenvalue weighted by Gasteiger charge is -2.32. The van der Waals surface area contributed by atoms with Crippen LogP contribution < -0.4 is 5.32 Å². The normalized spacial score (nSPS) is 31.1. The number of likely N-dealkylation sites (tertiary alicyclic amines) is 1. The first-order valence-corrected chi connectivity index (χ1v) is 6.34. The highest BCUT2D eigenvalue weighted by atomic mass is 15.1. The third-order valence-corrected chi connectivity index (χ3v) is 3.93. The summed E-state index contributed by atoms with van der Waals surface area (Å²) in [5.41, 5.74) is 0. The average Bonchev–Trinajstić information content (AvgIpc) is 2.72. The molecular formula is C12H24N2. The lowest BCUT2D eigenvalue weighted by atomic mass is 9.90. The summed E-state index contributed by atoms with van der Waals surface area (Å²) in [6.07, 6.45) is 7.14. The van der Waals surface area contributed by atoms with Gasteiger partial charge in [-0.3, -0.25) is 0 Å². The molecule has 1 unspecified atom stereocenters. The third-order valence-electron chi connectivity index (χ3n) is 3.93. The molecule has 0 aromatic rings. The first-order chi connectivity index (χ1) is 6.88. The fourth-order valence-corrected chi connectivity index (χ4v) is 2.90. The Hall–Kier alpha value is -0.0800. The van der Waals surface area contributed by atoms with E-state index in [4.69, 9.17) is 0 Å². The van der Waals surface area contributed by atoms with E-state index in [1.54, 1.807) is 0 Å². The van der Waals surface area contributed by atoms with Crippen molar-refractivity contribution in [1.29, 1.82) is 0 Å². The molecule has 0 saturated carbocycles. The molecule has 0 aromatic heterocycles. The second-order valence-corrected chi connectivity index (χ2v) is 4.91. The smallest absolute Gasteiger partial charge is 0.00701 e. The zero-order valence-electron chi connectivity index (χ0n) is 9.47. The zero-order chi connectivity index (χ0) is 9.80. The molecule has 2 aliphatic rings. The van der Waals surface area contributed by atoms with E-state index in [-0.39, 0.29) is 0 Å². The van der Waals surface area contributed by atoms with Crippen molar-refractivity contribution in [2.24, 2.45) is 5.92 Å². The topological polar surface area (TPSA) is 15.3 Å². The summed E-state index contributed by atoms with van der Waals surface area (Å²) in [7, 11) is 0. The molecule has 0 spiro atoms. The Morgan fingerprint density at radius 2 is 2.00 bits per heavy atom. The fourth-order valence-electron chi connectivity index (χ4n) is 2.90. The van der Waals surface area contributed by atoms with Gasteiger partial charge in [-0.25, -0.2) is 0 Å². The number of piperidine rings is 1. The van der Waals surface area contributed by atoms with Crippen LogP contribution in [0.1, 0.15) is 39.0 Å². The van der Waals surface area contributed by atoms with Crippen LogP contribution in [0.15, 0.2) is 0 Å². The Labute approximate surface area is 88.1 Å². The first-order valence-electron chi connectivity index (χ1n) is 6.34. The number of rotatable bonds is 3. The monoisotopic (exact) mass is 196 g/mol. The standard InChI is InChI=1S/C12H24N2/c1-2-14-8-5-11(6-9-14)10-12-4-3-7-13-12/h11-13H,2-10H2,1H3. The highest BCUT2D eigenvalue weighted by Crippen LogP contribution is 2.24. The molecule has 2 rings (SSSR count). The molecule has 82 valence electrons. The van der Waals surface area contributed by atoms with Crippen molar-refractivity contribution in [2.45, 2.75) is 45.1 Å². The Kier molecular flexibility index (Phi) is 3.82. The Bertz CT molecular complexity index is 156. The van der Waals surface area contributed by atoms with Gasteiger partial charge in [0.2, 0.25) is 0 Å². The van der Waals surface area contributed by atoms with E-state index in [0.717, 1.165) is 12.0 Å². The van der Waals surface area contributed by atoms with Gasteiger partial charge in [-0.2, -0.15) is 0 Å². The van der Waals surface area contributed by atoms with Gasteiger partial charge >= 0.3 is 0 Å². The van der Waals surface area contributed by atoms with Gasteiger partial charge in [0.1, 0.15) is 0 Å². The fraction of sp³-hybridized carbons (Fsp3) is 1.00. The maximum atomic E-state index is 3.62. The molecule has 0 aromatic carbocycles. The predicted molar refractivity (Wildman–Crippen MR) is 60.5 cm³/mol. The van der Waals surface area contributed by atoms with Crippen LogP contribution in [0.2, 0.25) is 0 Å². The number of hydrogen-bond acceptors (Lipinski definition) is 2. The molecule has 1 atom stereocenters. The van der Waals surface area contributed by atoms with Crippen LogP contribution in [-0.2, 0) is 0 Å². The second kappa shape index (κ2) is 5.13. The van der Waals surface area contributed by atoms with Gasteiger partial charge in [0.25, 0.3) is 0 Å². The summed E-state index contributed by atoms with van der Waals surface area (Å²) in [5.74, 6) is 1.01. The van der Waals surface area contributed by atoms with E-state index in [9.17, 15) is 0 Å². The minimum absolute atomic E-state index is 0.855. The largest absolute Gasteiger partial charge is 0.314 e. The van der Waals surface area contributed by atoms with Crippen molar-refractivity contribution < 1.29 is 0 Å². The zero-order valence-corrected chi connectivity index (χ0v) is 9.47. The Morgan fingerprint density at radius 3 is 2.57 bits per heavy atom. The van der Waals surface area contributed by atoms with Crippen LogP contribution in [0.25, 0.3) is 0 Å². The van der Waals surface area contributed by atoms with E-state index in [0.29, 0.717) is 0 Å². The summed E-state index contributed by atoms with van der Waals surface area (Å²) >= 11 is 0. The second-order valence-electron chi connectivity index (χ2n) is 4.91. The molecule has 2 heteroatoms. The first kappa shape index (κ1) is 10.4. The molecule has 0 amide bonds. The van der Waals surface area contributed by atoms with E-state index >= 15 is 0 Å². The van der Waals surface area contributed by atoms with Crippen molar-refractivity contribution in [2.75, 3.05) is 26.2 Å². The van der Waals surface area contributed by atoms with E-state index in [1.807, 2.05) is 0 Å². The molecule has 2 saturated heterocycles. The van der Waals surface area contributed by atoms with Gasteiger partial charge in [-0.15, -0.1) is 0 Å². The number of nitrogens with one attached hydrogen (secondary N) is 1. The van der Waals surface area contributed by atoms with Crippen LogP contribution >= 0.6 is 0 Å². The van der Waals surface area contributed by atoms with E-state index in [2.05, 4.69) is 17.1 Å². The van der Waals surface area contributed by atoms with Crippen molar-refractivity contribution in [3.8, 4) is 0 Å². The summed E-state index contributed by atoms with van der Waals surface area (Å²) in [6, 6.07) is 0.855. The predicted octanol–water partition coefficient (Wildman–Crippen LogP) is 1.86. The van der Waals surface area contributed by atoms with Gasteiger partial charge < -0.3 is 10.2 Å². The third kappa shape index (κ3) is 2.71. The van der Waals surface area contributed by atoms with Crippen LogP contribution in [0, 0.1) is 5.92 Å². The quantitative estimate of drug-likeness (QED) is 0.741. The van der Waals surface area contributed by atoms with Crippen molar-refractivity contribution >= 4 is 0 Å². The lowest BCUT2D eigenvalue weighted by Crippen LogP contribution is -2.35. The molecule has 1 N–H and O–H groups in total. The highest BCUT2D eigenvalue weighted by Gasteiger charge is 2.23.